The molecule has 2 atom stereocenters. The fourth-order valence-corrected chi connectivity index (χ4v) is 2.79. The summed E-state index contributed by atoms with van der Waals surface area (Å²) in [5, 5.41) is 19.1. The Balaban J connectivity index is 2.36. The van der Waals surface area contributed by atoms with E-state index in [0.717, 1.165) is 18.5 Å². The van der Waals surface area contributed by atoms with E-state index in [1.165, 1.54) is 7.11 Å². The summed E-state index contributed by atoms with van der Waals surface area (Å²) in [4.78, 5) is 2.21. The Labute approximate surface area is 113 Å². The van der Waals surface area contributed by atoms with Crippen LogP contribution in [-0.2, 0) is 0 Å². The second-order valence-electron chi connectivity index (χ2n) is 5.03. The molecule has 0 amide bonds. The molecule has 0 radical (unpaired) electrons. The number of methoxy groups -OCH3 is 1. The van der Waals surface area contributed by atoms with Crippen LogP contribution < -0.4 is 10.5 Å². The maximum Gasteiger partial charge on any atom is 0.178 e. The van der Waals surface area contributed by atoms with Gasteiger partial charge in [-0.05, 0) is 43.6 Å². The van der Waals surface area contributed by atoms with E-state index in [1.807, 2.05) is 7.05 Å². The van der Waals surface area contributed by atoms with E-state index < -0.39 is 0 Å². The number of benzene rings is 1. The van der Waals surface area contributed by atoms with Gasteiger partial charge in [0.25, 0.3) is 0 Å². The van der Waals surface area contributed by atoms with Crippen LogP contribution in [0.4, 0.5) is 0 Å². The molecule has 1 saturated heterocycles. The third-order valence-corrected chi connectivity index (χ3v) is 3.77. The van der Waals surface area contributed by atoms with E-state index in [2.05, 4.69) is 11.0 Å². The molecule has 0 bridgehead atoms. The zero-order valence-corrected chi connectivity index (χ0v) is 11.3. The summed E-state index contributed by atoms with van der Waals surface area (Å²) in [5.74, 6) is 0.716. The lowest BCUT2D eigenvalue weighted by atomic mass is 9.97. The summed E-state index contributed by atoms with van der Waals surface area (Å²) in [6.07, 6.45) is 0.948. The molecular formula is C14H19N3O2. The fourth-order valence-electron chi connectivity index (χ4n) is 2.79. The van der Waals surface area contributed by atoms with Gasteiger partial charge >= 0.3 is 0 Å². The van der Waals surface area contributed by atoms with Crippen LogP contribution >= 0.6 is 0 Å². The van der Waals surface area contributed by atoms with Gasteiger partial charge in [0, 0.05) is 12.6 Å². The first-order valence-corrected chi connectivity index (χ1v) is 6.32. The molecule has 0 spiro atoms. The van der Waals surface area contributed by atoms with Crippen LogP contribution in [0, 0.1) is 17.2 Å². The number of nitriles is 1. The first-order chi connectivity index (χ1) is 9.10. The molecule has 0 aliphatic carbocycles. The molecule has 0 saturated carbocycles. The number of likely N-dealkylation sites (tertiary alicyclic amines) is 1. The van der Waals surface area contributed by atoms with Crippen LogP contribution in [0.15, 0.2) is 12.1 Å². The van der Waals surface area contributed by atoms with Gasteiger partial charge in [0.15, 0.2) is 11.5 Å². The fraction of sp³-hybridized carbons (Fsp3) is 0.500. The molecule has 1 aliphatic heterocycles. The molecule has 19 heavy (non-hydrogen) atoms. The topological polar surface area (TPSA) is 82.5 Å². The van der Waals surface area contributed by atoms with Gasteiger partial charge in [0.1, 0.15) is 6.07 Å². The lowest BCUT2D eigenvalue weighted by molar-refractivity contribution is 0.311. The largest absolute Gasteiger partial charge is 0.504 e. The minimum absolute atomic E-state index is 0.0150. The number of ether oxygens (including phenoxy) is 1. The Morgan fingerprint density at radius 2 is 2.32 bits per heavy atom. The predicted molar refractivity (Wildman–Crippen MR) is 71.9 cm³/mol. The molecule has 0 aromatic heterocycles. The van der Waals surface area contributed by atoms with Crippen molar-refractivity contribution < 1.29 is 9.84 Å². The van der Waals surface area contributed by atoms with Gasteiger partial charge < -0.3 is 15.6 Å². The van der Waals surface area contributed by atoms with Crippen LogP contribution in [-0.4, -0.2) is 37.3 Å². The van der Waals surface area contributed by atoms with Crippen LogP contribution in [0.5, 0.6) is 11.5 Å². The number of phenolic OH excluding ortho intramolecular Hbond substituents is 1. The Hall–Kier alpha value is -1.77. The summed E-state index contributed by atoms with van der Waals surface area (Å²) in [6.45, 7) is 1.60. The van der Waals surface area contributed by atoms with E-state index in [4.69, 9.17) is 15.7 Å². The molecule has 2 rings (SSSR count). The van der Waals surface area contributed by atoms with Crippen LogP contribution in [0.25, 0.3) is 0 Å². The number of rotatable bonds is 3. The van der Waals surface area contributed by atoms with Crippen molar-refractivity contribution in [2.24, 2.45) is 11.7 Å². The Morgan fingerprint density at radius 3 is 2.84 bits per heavy atom. The zero-order valence-electron chi connectivity index (χ0n) is 11.3. The smallest absolute Gasteiger partial charge is 0.178 e. The minimum atomic E-state index is 0.0150. The third kappa shape index (κ3) is 2.50. The van der Waals surface area contributed by atoms with Gasteiger partial charge in [-0.25, -0.2) is 0 Å². The number of nitrogens with two attached hydrogens (primary N) is 1. The first-order valence-electron chi connectivity index (χ1n) is 6.32. The zero-order chi connectivity index (χ0) is 14.0. The number of aromatic hydroxyl groups is 1. The number of hydrogen-bond donors (Lipinski definition) is 2. The van der Waals surface area contributed by atoms with Gasteiger partial charge in [0.2, 0.25) is 0 Å². The van der Waals surface area contributed by atoms with Crippen molar-refractivity contribution >= 4 is 0 Å². The highest BCUT2D eigenvalue weighted by atomic mass is 16.5. The monoisotopic (exact) mass is 261 g/mol. The van der Waals surface area contributed by atoms with Gasteiger partial charge in [0.05, 0.1) is 12.7 Å². The van der Waals surface area contributed by atoms with E-state index in [9.17, 15) is 5.11 Å². The molecule has 1 heterocycles. The highest BCUT2D eigenvalue weighted by Gasteiger charge is 2.30. The Bertz CT molecular complexity index is 510. The summed E-state index contributed by atoms with van der Waals surface area (Å²) in [5.41, 5.74) is 7.02. The molecule has 1 aromatic rings. The van der Waals surface area contributed by atoms with E-state index in [0.29, 0.717) is 18.0 Å². The van der Waals surface area contributed by atoms with Crippen molar-refractivity contribution in [1.82, 2.24) is 4.90 Å². The molecule has 1 aromatic carbocycles. The van der Waals surface area contributed by atoms with E-state index in [1.54, 1.807) is 12.1 Å². The quantitative estimate of drug-likeness (QED) is 0.855. The van der Waals surface area contributed by atoms with Crippen molar-refractivity contribution in [1.29, 1.82) is 5.26 Å². The van der Waals surface area contributed by atoms with Crippen molar-refractivity contribution in [2.45, 2.75) is 12.5 Å². The number of hydrogen-bond acceptors (Lipinski definition) is 5. The average molecular weight is 261 g/mol. The Morgan fingerprint density at radius 1 is 1.58 bits per heavy atom. The summed E-state index contributed by atoms with van der Waals surface area (Å²) < 4.78 is 5.05. The minimum Gasteiger partial charge on any atom is -0.504 e. The van der Waals surface area contributed by atoms with Crippen LogP contribution in [0.3, 0.4) is 0 Å². The van der Waals surface area contributed by atoms with Gasteiger partial charge in [-0.1, -0.05) is 0 Å². The van der Waals surface area contributed by atoms with Gasteiger partial charge in [-0.3, -0.25) is 4.90 Å². The average Bonchev–Trinajstić information content (AvgIpc) is 2.79. The maximum atomic E-state index is 9.95. The molecule has 5 heteroatoms. The summed E-state index contributed by atoms with van der Waals surface area (Å²) >= 11 is 0. The standard InChI is InChI=1S/C14H19N3O2/c1-17-8-9(6-15)3-12(17)10-4-11(7-16)14(19-2)13(18)5-10/h4-5,9,12,18H,3,6,8,15H2,1-2H3. The first kappa shape index (κ1) is 13.7. The molecular weight excluding hydrogens is 242 g/mol. The van der Waals surface area contributed by atoms with Crippen molar-refractivity contribution in [3.05, 3.63) is 23.3 Å². The maximum absolute atomic E-state index is 9.95. The SMILES string of the molecule is COc1c(O)cc(C2CC(CN)CN2C)cc1C#N. The third-order valence-electron chi connectivity index (χ3n) is 3.77. The predicted octanol–water partition coefficient (Wildman–Crippen LogP) is 1.22. The van der Waals surface area contributed by atoms with E-state index >= 15 is 0 Å². The van der Waals surface area contributed by atoms with Crippen LogP contribution in [0.2, 0.25) is 0 Å². The van der Waals surface area contributed by atoms with Gasteiger partial charge in [-0.2, -0.15) is 5.26 Å². The molecule has 3 N–H and O–H groups in total. The normalized spacial score (nSPS) is 23.3. The molecule has 1 fully saturated rings. The van der Waals surface area contributed by atoms with Gasteiger partial charge in [-0.15, -0.1) is 0 Å². The molecule has 5 nitrogen and oxygen atoms in total. The lowest BCUT2D eigenvalue weighted by Crippen LogP contribution is -2.20. The second-order valence-corrected chi connectivity index (χ2v) is 5.03. The second kappa shape index (κ2) is 5.47. The highest BCUT2D eigenvalue weighted by molar-refractivity contribution is 5.54. The summed E-state index contributed by atoms with van der Waals surface area (Å²) in [7, 11) is 3.48. The number of phenols is 1. The van der Waals surface area contributed by atoms with Crippen molar-refractivity contribution in [3.8, 4) is 17.6 Å². The van der Waals surface area contributed by atoms with Crippen molar-refractivity contribution in [2.75, 3.05) is 27.2 Å². The highest BCUT2D eigenvalue weighted by Crippen LogP contribution is 2.39. The molecule has 102 valence electrons. The van der Waals surface area contributed by atoms with E-state index in [-0.39, 0.29) is 17.5 Å². The molecule has 2 unspecified atom stereocenters. The Kier molecular flexibility index (Phi) is 3.93. The summed E-state index contributed by atoms with van der Waals surface area (Å²) in [6, 6.07) is 5.73. The van der Waals surface area contributed by atoms with Crippen LogP contribution in [0.1, 0.15) is 23.6 Å². The van der Waals surface area contributed by atoms with Crippen molar-refractivity contribution in [3.63, 3.8) is 0 Å². The lowest BCUT2D eigenvalue weighted by Gasteiger charge is -2.20. The molecule has 1 aliphatic rings. The number of nitrogens with zero attached hydrogens (tertiary/aromatic N) is 2.